The van der Waals surface area contributed by atoms with Crippen molar-refractivity contribution in [2.24, 2.45) is 29.6 Å². The Hall–Kier alpha value is -2.19. The normalized spacial score (nSPS) is 41.8. The Balaban J connectivity index is 1.21. The molecule has 3 aliphatic carbocycles. The highest BCUT2D eigenvalue weighted by molar-refractivity contribution is 6.30. The topological polar surface area (TPSA) is 111 Å². The van der Waals surface area contributed by atoms with Gasteiger partial charge in [-0.1, -0.05) is 55.3 Å². The molecule has 59 heavy (non-hydrogen) atoms. The van der Waals surface area contributed by atoms with Crippen LogP contribution in [0, 0.1) is 29.6 Å². The number of Topliss-reactive ketones (excluding diaryl/α,β-unsaturated/α-hetero) is 1. The zero-order chi connectivity index (χ0) is 42.1. The van der Waals surface area contributed by atoms with Crippen molar-refractivity contribution >= 4 is 23.4 Å². The maximum absolute atomic E-state index is 15.1. The van der Waals surface area contributed by atoms with E-state index < -0.39 is 18.3 Å². The van der Waals surface area contributed by atoms with Gasteiger partial charge in [0.2, 0.25) is 0 Å². The van der Waals surface area contributed by atoms with Crippen LogP contribution in [0.2, 0.25) is 5.02 Å². The summed E-state index contributed by atoms with van der Waals surface area (Å²) in [5.41, 5.74) is 3.09. The van der Waals surface area contributed by atoms with E-state index in [2.05, 4.69) is 51.1 Å². The molecule has 0 bridgehead atoms. The number of allylic oxidation sites excluding steroid dienone is 3. The third kappa shape index (κ3) is 9.44. The lowest BCUT2D eigenvalue weighted by molar-refractivity contribution is -0.314. The maximum Gasteiger partial charge on any atom is 0.306 e. The monoisotopic (exact) mass is 841 g/mol. The summed E-state index contributed by atoms with van der Waals surface area (Å²) in [6, 6.07) is 8.33. The van der Waals surface area contributed by atoms with Crippen molar-refractivity contribution < 1.29 is 47.5 Å². The fourth-order valence-electron chi connectivity index (χ4n) is 11.5. The van der Waals surface area contributed by atoms with Gasteiger partial charge in [0, 0.05) is 50.1 Å². The second kappa shape index (κ2) is 19.5. The molecule has 328 valence electrons. The molecular formula is C47H68ClNO10. The van der Waals surface area contributed by atoms with Crippen molar-refractivity contribution in [3.63, 3.8) is 0 Å². The van der Waals surface area contributed by atoms with Crippen LogP contribution in [0.25, 0.3) is 0 Å². The van der Waals surface area contributed by atoms with Crippen LogP contribution in [0.3, 0.4) is 0 Å². The minimum Gasteiger partial charge on any atom is -0.462 e. The van der Waals surface area contributed by atoms with Gasteiger partial charge in [-0.15, -0.1) is 0 Å². The summed E-state index contributed by atoms with van der Waals surface area (Å²) in [4.78, 5) is 31.3. The molecule has 1 saturated carbocycles. The molecule has 5 unspecified atom stereocenters. The van der Waals surface area contributed by atoms with Gasteiger partial charge in [0.1, 0.15) is 24.4 Å². The summed E-state index contributed by atoms with van der Waals surface area (Å²) >= 11 is 6.66. The van der Waals surface area contributed by atoms with Gasteiger partial charge in [-0.25, -0.2) is 0 Å². The number of methoxy groups -OCH3 is 3. The van der Waals surface area contributed by atoms with Crippen LogP contribution in [-0.4, -0.2) is 120 Å². The van der Waals surface area contributed by atoms with Crippen molar-refractivity contribution in [1.29, 1.82) is 0 Å². The van der Waals surface area contributed by atoms with Gasteiger partial charge < -0.3 is 42.8 Å². The first-order chi connectivity index (χ1) is 28.3. The summed E-state index contributed by atoms with van der Waals surface area (Å²) in [6.07, 6.45) is 7.68. The SMILES string of the molecule is CC[C@H]1CCC[C@H](O[C@H]2CC[C@H](N(C)C)C(C)O2)[C@@H](C)C(=O)C2=C[C@@H]3C(C(c4cccc(Cl)c4)C=C4C[C@@H](O[C@@H]5OC(C)[C@H](OC)C(OC)[C@@H]5OC)C[C@H]43)[C@@H]2CC(=O)O1. The summed E-state index contributed by atoms with van der Waals surface area (Å²) in [7, 11) is 9.14. The van der Waals surface area contributed by atoms with Crippen molar-refractivity contribution in [3.05, 3.63) is 58.1 Å². The Morgan fingerprint density at radius 1 is 0.847 bits per heavy atom. The Labute approximate surface area is 356 Å². The number of cyclic esters (lactones) is 1. The largest absolute Gasteiger partial charge is 0.462 e. The fourth-order valence-corrected chi connectivity index (χ4v) is 11.7. The summed E-state index contributed by atoms with van der Waals surface area (Å²) in [6.45, 7) is 8.16. The second-order valence-electron chi connectivity index (χ2n) is 18.2. The van der Waals surface area contributed by atoms with E-state index in [1.54, 1.807) is 21.3 Å². The van der Waals surface area contributed by atoms with Crippen LogP contribution in [-0.2, 0) is 47.5 Å². The van der Waals surface area contributed by atoms with Gasteiger partial charge in [0.15, 0.2) is 18.4 Å². The van der Waals surface area contributed by atoms with Gasteiger partial charge in [0.05, 0.1) is 30.8 Å². The number of carbonyl (C=O) groups excluding carboxylic acids is 2. The molecule has 12 heteroatoms. The van der Waals surface area contributed by atoms with E-state index in [1.165, 1.54) is 5.57 Å². The number of fused-ring (bicyclic) bond motifs is 5. The third-order valence-corrected chi connectivity index (χ3v) is 14.8. The molecule has 4 fully saturated rings. The summed E-state index contributed by atoms with van der Waals surface area (Å²) in [5.74, 6) is -1.02. The molecule has 3 heterocycles. The van der Waals surface area contributed by atoms with Gasteiger partial charge in [-0.05, 0) is 120 Å². The number of esters is 1. The number of hydrogen-bond donors (Lipinski definition) is 0. The van der Waals surface area contributed by atoms with Crippen LogP contribution < -0.4 is 0 Å². The number of hydrogen-bond acceptors (Lipinski definition) is 11. The fraction of sp³-hybridized carbons (Fsp3) is 0.745. The maximum atomic E-state index is 15.1. The first-order valence-electron chi connectivity index (χ1n) is 22.1. The number of ether oxygens (including phenoxy) is 8. The van der Waals surface area contributed by atoms with Crippen molar-refractivity contribution in [3.8, 4) is 0 Å². The Kier molecular flexibility index (Phi) is 14.8. The molecule has 0 spiro atoms. The summed E-state index contributed by atoms with van der Waals surface area (Å²) in [5, 5.41) is 0.652. The average Bonchev–Trinajstić information content (AvgIpc) is 3.79. The molecule has 7 rings (SSSR count). The smallest absolute Gasteiger partial charge is 0.306 e. The molecule has 0 radical (unpaired) electrons. The second-order valence-corrected chi connectivity index (χ2v) is 18.6. The van der Waals surface area contributed by atoms with E-state index >= 15 is 4.79 Å². The van der Waals surface area contributed by atoms with Crippen molar-refractivity contribution in [2.75, 3.05) is 35.4 Å². The van der Waals surface area contributed by atoms with Crippen LogP contribution in [0.5, 0.6) is 0 Å². The first kappa shape index (κ1) is 44.9. The van der Waals surface area contributed by atoms with Crippen molar-refractivity contribution in [2.45, 2.75) is 159 Å². The average molecular weight is 843 g/mol. The Bertz CT molecular complexity index is 1680. The molecule has 11 nitrogen and oxygen atoms in total. The number of halogens is 1. The van der Waals surface area contributed by atoms with Crippen molar-refractivity contribution in [1.82, 2.24) is 4.90 Å². The highest BCUT2D eigenvalue weighted by Crippen LogP contribution is 2.59. The van der Waals surface area contributed by atoms with E-state index in [9.17, 15) is 4.79 Å². The van der Waals surface area contributed by atoms with Crippen LogP contribution in [0.1, 0.15) is 97.0 Å². The van der Waals surface area contributed by atoms with Crippen LogP contribution in [0.4, 0.5) is 0 Å². The predicted octanol–water partition coefficient (Wildman–Crippen LogP) is 7.68. The Morgan fingerprint density at radius 2 is 1.61 bits per heavy atom. The van der Waals surface area contributed by atoms with E-state index in [0.29, 0.717) is 23.9 Å². The molecule has 6 aliphatic rings. The molecule has 1 aromatic carbocycles. The highest BCUT2D eigenvalue weighted by Gasteiger charge is 2.54. The van der Waals surface area contributed by atoms with Crippen LogP contribution >= 0.6 is 11.6 Å². The number of rotatable bonds is 10. The molecule has 1 aromatic rings. The molecule has 0 amide bonds. The van der Waals surface area contributed by atoms with Gasteiger partial charge in [-0.3, -0.25) is 9.59 Å². The lowest BCUT2D eigenvalue weighted by Crippen LogP contribution is -2.59. The Morgan fingerprint density at radius 3 is 2.29 bits per heavy atom. The standard InChI is InChI=1S/C47H68ClNO10/c1-10-31-15-12-16-39(59-41-18-17-38(49(5)6)26(3)55-41)25(2)43(51)37-23-35-33-22-32(58-47-46(54-9)45(53-8)44(52-7)27(4)56-47)20-29(33)21-34(28-13-11-14-30(48)19-28)42(35)36(37)24-40(50)57-31/h11,13-14,19,21,23,25-27,31-36,38-39,41-42,44-47H,10,12,15-18,20,22,24H2,1-9H3/t25-,26?,27?,31+,32-,33-,34?,35+,36-,38+,39+,41+,42?,44+,45?,46+,47+/m1/s1. The molecule has 3 aliphatic heterocycles. The van der Waals surface area contributed by atoms with E-state index in [-0.39, 0.29) is 96.8 Å². The number of carbonyl (C=O) groups is 2. The number of likely N-dealkylation sites (N-methyl/N-ethyl adjacent to an activating group) is 1. The lowest BCUT2D eigenvalue weighted by atomic mass is 9.64. The van der Waals surface area contributed by atoms with Gasteiger partial charge in [0.25, 0.3) is 0 Å². The number of ketones is 1. The minimum absolute atomic E-state index is 0.0106. The van der Waals surface area contributed by atoms with E-state index in [0.717, 1.165) is 49.7 Å². The van der Waals surface area contributed by atoms with E-state index in [1.807, 2.05) is 32.0 Å². The molecule has 3 saturated heterocycles. The minimum atomic E-state index is -0.654. The number of benzene rings is 1. The molecular weight excluding hydrogens is 774 g/mol. The predicted molar refractivity (Wildman–Crippen MR) is 224 cm³/mol. The molecule has 17 atom stereocenters. The third-order valence-electron chi connectivity index (χ3n) is 14.5. The van der Waals surface area contributed by atoms with E-state index in [4.69, 9.17) is 49.5 Å². The molecule has 0 N–H and O–H groups in total. The van der Waals surface area contributed by atoms with Gasteiger partial charge in [-0.2, -0.15) is 0 Å². The first-order valence-corrected chi connectivity index (χ1v) is 22.5. The lowest BCUT2D eigenvalue weighted by Gasteiger charge is -2.44. The molecule has 0 aromatic heterocycles. The van der Waals surface area contributed by atoms with Gasteiger partial charge >= 0.3 is 5.97 Å². The quantitative estimate of drug-likeness (QED) is 0.171. The van der Waals surface area contributed by atoms with Crippen LogP contribution in [0.15, 0.2) is 47.6 Å². The zero-order valence-corrected chi connectivity index (χ0v) is 37.3. The highest BCUT2D eigenvalue weighted by atomic mass is 35.5. The summed E-state index contributed by atoms with van der Waals surface area (Å²) < 4.78 is 50.3. The zero-order valence-electron chi connectivity index (χ0n) is 36.6. The number of nitrogens with zero attached hydrogens (tertiary/aromatic N) is 1.